The van der Waals surface area contributed by atoms with E-state index < -0.39 is 72.1 Å². The molecule has 0 aliphatic rings. The summed E-state index contributed by atoms with van der Waals surface area (Å²) in [6.07, 6.45) is 0. The van der Waals surface area contributed by atoms with Crippen LogP contribution in [0.5, 0.6) is 0 Å². The van der Waals surface area contributed by atoms with E-state index in [9.17, 15) is 8.78 Å². The fourth-order valence-electron chi connectivity index (χ4n) is 6.18. The van der Waals surface area contributed by atoms with Gasteiger partial charge in [0.15, 0.2) is 0 Å². The van der Waals surface area contributed by atoms with Gasteiger partial charge in [0.2, 0.25) is 0 Å². The van der Waals surface area contributed by atoms with Crippen molar-refractivity contribution in [3.63, 3.8) is 0 Å². The monoisotopic (exact) mass is 610 g/mol. The Morgan fingerprint density at radius 3 is 1.24 bits per heavy atom. The molecule has 8 aromatic rings. The van der Waals surface area contributed by atoms with Crippen LogP contribution in [-0.4, -0.2) is 0 Å². The molecule has 222 valence electrons. The molecule has 0 saturated carbocycles. The van der Waals surface area contributed by atoms with E-state index in [1.807, 2.05) is 36.4 Å². The Hall–Kier alpha value is -5.74. The van der Waals surface area contributed by atoms with E-state index in [1.165, 1.54) is 24.3 Å². The third-order valence-electron chi connectivity index (χ3n) is 8.32. The number of benzene rings is 8. The Labute approximate surface area is 280 Å². The van der Waals surface area contributed by atoms with Crippen LogP contribution in [0.3, 0.4) is 0 Å². The molecule has 0 saturated heterocycles. The van der Waals surface area contributed by atoms with Crippen LogP contribution >= 0.6 is 0 Å². The van der Waals surface area contributed by atoms with Gasteiger partial charge in [-0.1, -0.05) is 72.7 Å². The molecule has 0 heterocycles. The van der Waals surface area contributed by atoms with Gasteiger partial charge in [0.1, 0.15) is 11.6 Å². The lowest BCUT2D eigenvalue weighted by Gasteiger charge is -2.29. The molecule has 2 nitrogen and oxygen atoms in total. The minimum absolute atomic E-state index is 0.128. The second-order valence-electron chi connectivity index (χ2n) is 11.1. The maximum Gasteiger partial charge on any atom is 0.126 e. The zero-order chi connectivity index (χ0) is 40.1. The average molecular weight is 611 g/mol. The maximum atomic E-state index is 14.7. The minimum atomic E-state index is -0.554. The Kier molecular flexibility index (Phi) is 4.53. The van der Waals surface area contributed by atoms with Crippen LogP contribution in [0.15, 0.2) is 145 Å². The molecule has 0 aliphatic heterocycles. The van der Waals surface area contributed by atoms with Crippen molar-refractivity contribution in [1.82, 2.24) is 0 Å². The molecule has 46 heavy (non-hydrogen) atoms. The second-order valence-corrected chi connectivity index (χ2v) is 11.1. The summed E-state index contributed by atoms with van der Waals surface area (Å²) in [5.41, 5.74) is 1.91. The predicted molar refractivity (Wildman–Crippen MR) is 189 cm³/mol. The van der Waals surface area contributed by atoms with Gasteiger partial charge in [-0.05, 0) is 119 Å². The summed E-state index contributed by atoms with van der Waals surface area (Å²) in [6.45, 7) is 3.16. The SMILES string of the molecule is [2H]c1c([2H])c([2H])c(N(c2ccc(F)c(C)c2)c2ccc3ccc4c(N(c5ccc(F)c(C)c5)c5c([2H])c([2H])c([2H])c([2H])c5[2H])ccc5ccc2c3c54)c([2H])c1[2H]. The summed E-state index contributed by atoms with van der Waals surface area (Å²) in [4.78, 5) is 3.08. The second kappa shape index (κ2) is 11.0. The Bertz CT molecular complexity index is 2700. The summed E-state index contributed by atoms with van der Waals surface area (Å²) in [5.74, 6) is -0.949. The Morgan fingerprint density at radius 2 is 0.848 bits per heavy atom. The molecule has 0 bridgehead atoms. The third kappa shape index (κ3) is 4.53. The van der Waals surface area contributed by atoms with E-state index >= 15 is 0 Å². The molecule has 0 aromatic heterocycles. The van der Waals surface area contributed by atoms with Crippen molar-refractivity contribution >= 4 is 66.4 Å². The summed E-state index contributed by atoms with van der Waals surface area (Å²) < 4.78 is 116. The molecule has 0 aliphatic carbocycles. The smallest absolute Gasteiger partial charge is 0.126 e. The predicted octanol–water partition coefficient (Wildman–Crippen LogP) is 12.4. The number of rotatable bonds is 6. The molecular weight excluding hydrogens is 570 g/mol. The summed E-state index contributed by atoms with van der Waals surface area (Å²) in [6, 6.07) is 18.3. The number of aryl methyl sites for hydroxylation is 2. The van der Waals surface area contributed by atoms with Gasteiger partial charge < -0.3 is 9.80 Å². The van der Waals surface area contributed by atoms with Gasteiger partial charge in [-0.25, -0.2) is 8.78 Å². The van der Waals surface area contributed by atoms with Crippen molar-refractivity contribution in [3.8, 4) is 0 Å². The van der Waals surface area contributed by atoms with Crippen molar-refractivity contribution in [2.75, 3.05) is 9.80 Å². The zero-order valence-electron chi connectivity index (χ0n) is 34.7. The molecule has 8 rings (SSSR count). The quantitative estimate of drug-likeness (QED) is 0.173. The molecule has 0 N–H and O–H groups in total. The molecule has 0 radical (unpaired) electrons. The molecular formula is C42H30F2N2. The highest BCUT2D eigenvalue weighted by Gasteiger charge is 2.22. The lowest BCUT2D eigenvalue weighted by molar-refractivity contribution is 0.618. The number of halogens is 2. The van der Waals surface area contributed by atoms with Gasteiger partial charge in [-0.15, -0.1) is 0 Å². The van der Waals surface area contributed by atoms with E-state index in [4.69, 9.17) is 13.7 Å². The highest BCUT2D eigenvalue weighted by Crippen LogP contribution is 2.47. The topological polar surface area (TPSA) is 6.48 Å². The summed E-state index contributed by atoms with van der Waals surface area (Å²) in [5, 5.41) is 4.29. The molecule has 0 unspecified atom stereocenters. The number of para-hydroxylation sites is 2. The Balaban J connectivity index is 1.48. The fourth-order valence-corrected chi connectivity index (χ4v) is 6.18. The lowest BCUT2D eigenvalue weighted by atomic mass is 9.91. The maximum absolute atomic E-state index is 14.7. The zero-order valence-corrected chi connectivity index (χ0v) is 24.7. The van der Waals surface area contributed by atoms with Gasteiger partial charge in [0.25, 0.3) is 0 Å². The normalized spacial score (nSPS) is 14.5. The highest BCUT2D eigenvalue weighted by atomic mass is 19.1. The van der Waals surface area contributed by atoms with Gasteiger partial charge in [-0.2, -0.15) is 0 Å². The highest BCUT2D eigenvalue weighted by molar-refractivity contribution is 6.28. The molecule has 0 amide bonds. The van der Waals surface area contributed by atoms with Crippen molar-refractivity contribution in [2.45, 2.75) is 13.8 Å². The molecule has 8 aromatic carbocycles. The van der Waals surface area contributed by atoms with Crippen molar-refractivity contribution < 1.29 is 22.5 Å². The first kappa shape index (κ1) is 18.9. The van der Waals surface area contributed by atoms with Crippen LogP contribution in [-0.2, 0) is 0 Å². The minimum Gasteiger partial charge on any atom is -0.310 e. The van der Waals surface area contributed by atoms with Crippen molar-refractivity contribution in [3.05, 3.63) is 168 Å². The standard InChI is InChI=1S/C42H30F2N2/c1-27-25-33(17-21-37(27)43)45(31-9-5-3-6-10-31)39-23-15-29-14-20-36-40(24-16-30-13-19-35(39)41(29)42(30)36)46(32-11-7-4-8-12-32)34-18-22-38(44)28(2)26-34/h3-26H,1-2H3/i3D,4D,5D,6D,7D,8D,9D,10D,11D,12D. The lowest BCUT2D eigenvalue weighted by Crippen LogP contribution is -2.12. The first-order chi connectivity index (χ1) is 26.6. The first-order valence-corrected chi connectivity index (χ1v) is 14.6. The van der Waals surface area contributed by atoms with Crippen LogP contribution in [0.1, 0.15) is 24.8 Å². The van der Waals surface area contributed by atoms with Gasteiger partial charge >= 0.3 is 0 Å². The molecule has 0 spiro atoms. The summed E-state index contributed by atoms with van der Waals surface area (Å²) in [7, 11) is 0. The molecule has 4 heteroatoms. The number of nitrogens with zero attached hydrogens (tertiary/aromatic N) is 2. The van der Waals surface area contributed by atoms with Crippen LogP contribution in [0.25, 0.3) is 32.3 Å². The number of hydrogen-bond acceptors (Lipinski definition) is 2. The van der Waals surface area contributed by atoms with Gasteiger partial charge in [0, 0.05) is 33.5 Å². The fraction of sp³-hybridized carbons (Fsp3) is 0.0476. The van der Waals surface area contributed by atoms with E-state index in [0.29, 0.717) is 33.5 Å². The third-order valence-corrected chi connectivity index (χ3v) is 8.32. The number of hydrogen-bond donors (Lipinski definition) is 0. The van der Waals surface area contributed by atoms with Gasteiger partial charge in [0.05, 0.1) is 25.1 Å². The van der Waals surface area contributed by atoms with Crippen molar-refractivity contribution in [2.24, 2.45) is 0 Å². The van der Waals surface area contributed by atoms with E-state index in [2.05, 4.69) is 0 Å². The number of anilines is 6. The molecule has 0 fully saturated rings. The van der Waals surface area contributed by atoms with E-state index in [0.717, 1.165) is 21.5 Å². The molecule has 0 atom stereocenters. The largest absolute Gasteiger partial charge is 0.310 e. The van der Waals surface area contributed by atoms with E-state index in [1.54, 1.807) is 47.9 Å². The van der Waals surface area contributed by atoms with Crippen LogP contribution in [0.4, 0.5) is 42.9 Å². The van der Waals surface area contributed by atoms with Crippen LogP contribution in [0, 0.1) is 25.5 Å². The van der Waals surface area contributed by atoms with Crippen molar-refractivity contribution in [1.29, 1.82) is 0 Å². The van der Waals surface area contributed by atoms with Crippen LogP contribution in [0.2, 0.25) is 0 Å². The average Bonchev–Trinajstić information content (AvgIpc) is 3.19. The van der Waals surface area contributed by atoms with Gasteiger partial charge in [-0.3, -0.25) is 0 Å². The Morgan fingerprint density at radius 1 is 0.457 bits per heavy atom. The summed E-state index contributed by atoms with van der Waals surface area (Å²) >= 11 is 0. The van der Waals surface area contributed by atoms with E-state index in [-0.39, 0.29) is 22.5 Å². The van der Waals surface area contributed by atoms with Crippen LogP contribution < -0.4 is 9.80 Å². The first-order valence-electron chi connectivity index (χ1n) is 19.6.